The first-order chi connectivity index (χ1) is 20.1. The van der Waals surface area contributed by atoms with E-state index in [1.807, 2.05) is 54.3 Å². The first-order valence-corrected chi connectivity index (χ1v) is 15.1. The number of amides is 1. The topological polar surface area (TPSA) is 68.5 Å². The van der Waals surface area contributed by atoms with Crippen LogP contribution in [0, 0.1) is 10.8 Å². The van der Waals surface area contributed by atoms with E-state index in [2.05, 4.69) is 16.2 Å². The van der Waals surface area contributed by atoms with Gasteiger partial charge in [0.05, 0.1) is 6.61 Å². The highest BCUT2D eigenvalue weighted by Crippen LogP contribution is 2.71. The van der Waals surface area contributed by atoms with Crippen LogP contribution in [-0.4, -0.2) is 34.9 Å². The standard InChI is InChI=1S/C33H36F3N3O3/c1-2-41-25-8-6-22(7-9-25)23-4-3-5-24(16-23)39(26(40)17-31-18-33(36,19-31)20-31)21-30-10-13-32(14-11-30,15-12-30)29-37-28(27(34)35)42-38-29/h3-9,16,27H,2,10-15,17-21H2,1H3. The minimum atomic E-state index is -2.78. The number of rotatable bonds is 10. The lowest BCUT2D eigenvalue weighted by Crippen LogP contribution is -2.65. The van der Waals surface area contributed by atoms with E-state index >= 15 is 0 Å². The molecule has 6 fully saturated rings. The summed E-state index contributed by atoms with van der Waals surface area (Å²) in [4.78, 5) is 20.0. The maximum atomic E-state index is 14.3. The molecule has 0 N–H and O–H groups in total. The predicted molar refractivity (Wildman–Crippen MR) is 151 cm³/mol. The van der Waals surface area contributed by atoms with Crippen LogP contribution in [0.15, 0.2) is 53.1 Å². The average molecular weight is 580 g/mol. The minimum Gasteiger partial charge on any atom is -0.494 e. The summed E-state index contributed by atoms with van der Waals surface area (Å²) < 4.78 is 51.0. The summed E-state index contributed by atoms with van der Waals surface area (Å²) in [5.74, 6) is 0.645. The van der Waals surface area contributed by atoms with Crippen molar-refractivity contribution in [3.05, 3.63) is 60.2 Å². The second kappa shape index (κ2) is 9.85. The third-order valence-electron chi connectivity index (χ3n) is 10.6. The normalized spacial score (nSPS) is 31.0. The highest BCUT2D eigenvalue weighted by molar-refractivity contribution is 5.95. The van der Waals surface area contributed by atoms with Crippen LogP contribution >= 0.6 is 0 Å². The van der Waals surface area contributed by atoms with E-state index in [9.17, 15) is 18.0 Å². The van der Waals surface area contributed by atoms with Gasteiger partial charge >= 0.3 is 6.43 Å². The number of halogens is 3. The molecule has 3 aromatic rings. The molecule has 4 bridgehead atoms. The molecule has 2 aromatic carbocycles. The number of alkyl halides is 3. The number of fused-ring (bicyclic) bond motifs is 3. The zero-order valence-electron chi connectivity index (χ0n) is 23.9. The third kappa shape index (κ3) is 4.69. The van der Waals surface area contributed by atoms with Crippen molar-refractivity contribution in [2.45, 2.75) is 88.6 Å². The van der Waals surface area contributed by atoms with Crippen LogP contribution in [0.5, 0.6) is 5.75 Å². The van der Waals surface area contributed by atoms with E-state index < -0.39 is 18.0 Å². The molecule has 9 rings (SSSR count). The number of carbonyl (C=O) groups excluding carboxylic acids is 1. The molecule has 0 atom stereocenters. The smallest absolute Gasteiger partial charge is 0.315 e. The highest BCUT2D eigenvalue weighted by atomic mass is 19.3. The molecular weight excluding hydrogens is 543 g/mol. The van der Waals surface area contributed by atoms with Crippen molar-refractivity contribution in [1.29, 1.82) is 0 Å². The van der Waals surface area contributed by atoms with E-state index in [-0.39, 0.29) is 22.2 Å². The van der Waals surface area contributed by atoms with Crippen molar-refractivity contribution in [3.8, 4) is 16.9 Å². The number of hydrogen-bond donors (Lipinski definition) is 0. The molecule has 0 radical (unpaired) electrons. The molecule has 6 aliphatic carbocycles. The van der Waals surface area contributed by atoms with Crippen LogP contribution in [0.2, 0.25) is 0 Å². The van der Waals surface area contributed by atoms with Gasteiger partial charge in [0.25, 0.3) is 5.89 Å². The molecule has 222 valence electrons. The zero-order valence-corrected chi connectivity index (χ0v) is 23.9. The first kappa shape index (κ1) is 27.5. The molecule has 6 saturated carbocycles. The van der Waals surface area contributed by atoms with Gasteiger partial charge < -0.3 is 14.2 Å². The Morgan fingerprint density at radius 2 is 1.67 bits per heavy atom. The fraction of sp³-hybridized carbons (Fsp3) is 0.545. The lowest BCUT2D eigenvalue weighted by Gasteiger charge is -2.66. The lowest BCUT2D eigenvalue weighted by atomic mass is 9.41. The maximum Gasteiger partial charge on any atom is 0.315 e. The van der Waals surface area contributed by atoms with Gasteiger partial charge in [0.15, 0.2) is 5.82 Å². The largest absolute Gasteiger partial charge is 0.494 e. The van der Waals surface area contributed by atoms with Gasteiger partial charge in [-0.05, 0) is 111 Å². The lowest BCUT2D eigenvalue weighted by molar-refractivity contribution is -0.215. The molecule has 1 aromatic heterocycles. The fourth-order valence-corrected chi connectivity index (χ4v) is 8.26. The molecule has 6 nitrogen and oxygen atoms in total. The molecule has 1 amide bonds. The van der Waals surface area contributed by atoms with Crippen molar-refractivity contribution >= 4 is 11.6 Å². The third-order valence-corrected chi connectivity index (χ3v) is 10.6. The number of carbonyl (C=O) groups is 1. The maximum absolute atomic E-state index is 14.3. The average Bonchev–Trinajstić information content (AvgIpc) is 3.48. The minimum absolute atomic E-state index is 0.0529. The van der Waals surface area contributed by atoms with Crippen molar-refractivity contribution in [3.63, 3.8) is 0 Å². The van der Waals surface area contributed by atoms with Crippen molar-refractivity contribution in [2.24, 2.45) is 10.8 Å². The Kier molecular flexibility index (Phi) is 6.44. The molecule has 0 unspecified atom stereocenters. The number of benzene rings is 2. The predicted octanol–water partition coefficient (Wildman–Crippen LogP) is 7.98. The summed E-state index contributed by atoms with van der Waals surface area (Å²) in [7, 11) is 0. The van der Waals surface area contributed by atoms with Gasteiger partial charge in [-0.15, -0.1) is 0 Å². The quantitative estimate of drug-likeness (QED) is 0.244. The Bertz CT molecular complexity index is 1440. The van der Waals surface area contributed by atoms with Crippen molar-refractivity contribution in [1.82, 2.24) is 10.1 Å². The zero-order chi connectivity index (χ0) is 29.2. The summed E-state index contributed by atoms with van der Waals surface area (Å²) in [6, 6.07) is 16.0. The Hall–Kier alpha value is -3.36. The van der Waals surface area contributed by atoms with Crippen LogP contribution in [0.1, 0.15) is 89.3 Å². The van der Waals surface area contributed by atoms with Crippen molar-refractivity contribution < 1.29 is 27.2 Å². The van der Waals surface area contributed by atoms with E-state index in [1.165, 1.54) is 0 Å². The molecule has 0 saturated heterocycles. The number of anilines is 1. The van der Waals surface area contributed by atoms with Crippen LogP contribution in [0.4, 0.5) is 18.9 Å². The van der Waals surface area contributed by atoms with E-state index in [0.29, 0.717) is 44.7 Å². The van der Waals surface area contributed by atoms with Crippen LogP contribution in [0.3, 0.4) is 0 Å². The van der Waals surface area contributed by atoms with Gasteiger partial charge in [0, 0.05) is 24.1 Å². The molecule has 6 aliphatic rings. The molecule has 0 aliphatic heterocycles. The molecule has 9 heteroatoms. The molecule has 0 spiro atoms. The van der Waals surface area contributed by atoms with E-state index in [0.717, 1.165) is 61.1 Å². The van der Waals surface area contributed by atoms with E-state index in [1.54, 1.807) is 0 Å². The van der Waals surface area contributed by atoms with E-state index in [4.69, 9.17) is 9.26 Å². The SMILES string of the molecule is CCOc1ccc(-c2cccc(N(CC34CCC(c5noc(C(F)F)n5)(CC3)CC4)C(=O)CC34CC(F)(C3)C4)c2)cc1. The fourth-order valence-electron chi connectivity index (χ4n) is 8.26. The molecular formula is C33H36F3N3O3. The summed E-state index contributed by atoms with van der Waals surface area (Å²) in [6.45, 7) is 3.14. The van der Waals surface area contributed by atoms with Crippen LogP contribution < -0.4 is 9.64 Å². The Morgan fingerprint density at radius 3 is 2.26 bits per heavy atom. The summed E-state index contributed by atoms with van der Waals surface area (Å²) >= 11 is 0. The van der Waals surface area contributed by atoms with Gasteiger partial charge in [-0.25, -0.2) is 4.39 Å². The molecule has 42 heavy (non-hydrogen) atoms. The van der Waals surface area contributed by atoms with Gasteiger partial charge in [0.1, 0.15) is 11.4 Å². The number of hydrogen-bond acceptors (Lipinski definition) is 5. The monoisotopic (exact) mass is 579 g/mol. The Morgan fingerprint density at radius 1 is 0.976 bits per heavy atom. The molecule has 1 heterocycles. The van der Waals surface area contributed by atoms with Gasteiger partial charge in [-0.2, -0.15) is 13.8 Å². The summed E-state index contributed by atoms with van der Waals surface area (Å²) in [5.41, 5.74) is 1.23. The Labute approximate surface area is 243 Å². The second-order valence-electron chi connectivity index (χ2n) is 13.4. The Balaban J connectivity index is 1.13. The first-order valence-electron chi connectivity index (χ1n) is 15.1. The number of aromatic nitrogens is 2. The van der Waals surface area contributed by atoms with Gasteiger partial charge in [-0.3, -0.25) is 4.79 Å². The summed E-state index contributed by atoms with van der Waals surface area (Å²) in [6.07, 6.45) is 3.95. The van der Waals surface area contributed by atoms with Crippen LogP contribution in [-0.2, 0) is 10.2 Å². The van der Waals surface area contributed by atoms with Gasteiger partial charge in [0.2, 0.25) is 5.91 Å². The highest BCUT2D eigenvalue weighted by Gasteiger charge is 2.69. The van der Waals surface area contributed by atoms with Crippen LogP contribution in [0.25, 0.3) is 11.1 Å². The van der Waals surface area contributed by atoms with Crippen molar-refractivity contribution in [2.75, 3.05) is 18.1 Å². The summed E-state index contributed by atoms with van der Waals surface area (Å²) in [5, 5.41) is 3.94. The second-order valence-corrected chi connectivity index (χ2v) is 13.4. The number of ether oxygens (including phenoxy) is 1. The van der Waals surface area contributed by atoms with Gasteiger partial charge in [-0.1, -0.05) is 29.4 Å². The number of nitrogens with zero attached hydrogens (tertiary/aromatic N) is 3.